The Kier molecular flexibility index (Phi) is 5.84. The van der Waals surface area contributed by atoms with Crippen molar-refractivity contribution in [3.05, 3.63) is 59.9 Å². The average Bonchev–Trinajstić information content (AvgIpc) is 3.17. The van der Waals surface area contributed by atoms with E-state index in [9.17, 15) is 14.0 Å². The molecule has 26 heavy (non-hydrogen) atoms. The van der Waals surface area contributed by atoms with Gasteiger partial charge < -0.3 is 15.0 Å². The average molecular weight is 356 g/mol. The largest absolute Gasteiger partial charge is 0.484 e. The van der Waals surface area contributed by atoms with E-state index in [0.29, 0.717) is 11.4 Å². The van der Waals surface area contributed by atoms with Gasteiger partial charge in [0.1, 0.15) is 11.6 Å². The number of hydrogen-bond donors (Lipinski definition) is 1. The monoisotopic (exact) mass is 356 g/mol. The molecule has 2 aromatic rings. The van der Waals surface area contributed by atoms with Gasteiger partial charge in [-0.2, -0.15) is 0 Å². The summed E-state index contributed by atoms with van der Waals surface area (Å²) < 4.78 is 18.5. The maximum Gasteiger partial charge on any atom is 0.260 e. The molecule has 1 heterocycles. The fourth-order valence-electron chi connectivity index (χ4n) is 2.86. The fourth-order valence-corrected chi connectivity index (χ4v) is 2.86. The first-order valence-corrected chi connectivity index (χ1v) is 8.65. The van der Waals surface area contributed by atoms with Gasteiger partial charge in [-0.25, -0.2) is 4.39 Å². The summed E-state index contributed by atoms with van der Waals surface area (Å²) in [6.45, 7) is 1.58. The van der Waals surface area contributed by atoms with Crippen LogP contribution in [0.4, 0.5) is 10.1 Å². The van der Waals surface area contributed by atoms with E-state index in [4.69, 9.17) is 4.74 Å². The maximum absolute atomic E-state index is 12.9. The van der Waals surface area contributed by atoms with Crippen LogP contribution < -0.4 is 10.1 Å². The first kappa shape index (κ1) is 17.9. The second kappa shape index (κ2) is 8.47. The fraction of sp³-hybridized carbons (Fsp3) is 0.300. The van der Waals surface area contributed by atoms with E-state index in [-0.39, 0.29) is 30.7 Å². The van der Waals surface area contributed by atoms with Crippen molar-refractivity contribution in [3.63, 3.8) is 0 Å². The van der Waals surface area contributed by atoms with Crippen LogP contribution in [0.2, 0.25) is 0 Å². The molecule has 6 heteroatoms. The van der Waals surface area contributed by atoms with Crippen LogP contribution in [0.1, 0.15) is 18.4 Å². The molecule has 1 aliphatic heterocycles. The highest BCUT2D eigenvalue weighted by molar-refractivity contribution is 5.92. The van der Waals surface area contributed by atoms with Gasteiger partial charge in [0.15, 0.2) is 6.61 Å². The van der Waals surface area contributed by atoms with Crippen LogP contribution in [0, 0.1) is 5.82 Å². The van der Waals surface area contributed by atoms with Crippen molar-refractivity contribution in [2.24, 2.45) is 0 Å². The molecule has 2 aromatic carbocycles. The minimum absolute atomic E-state index is 0.00697. The van der Waals surface area contributed by atoms with E-state index in [1.807, 2.05) is 0 Å². The molecule has 1 N–H and O–H groups in total. The summed E-state index contributed by atoms with van der Waals surface area (Å²) in [5, 5.41) is 2.78. The molecule has 3 rings (SSSR count). The number of carbonyl (C=O) groups excluding carboxylic acids is 2. The number of carbonyl (C=O) groups is 2. The smallest absolute Gasteiger partial charge is 0.260 e. The van der Waals surface area contributed by atoms with Crippen molar-refractivity contribution in [1.82, 2.24) is 4.90 Å². The molecule has 1 saturated heterocycles. The maximum atomic E-state index is 12.9. The Morgan fingerprint density at radius 2 is 1.81 bits per heavy atom. The van der Waals surface area contributed by atoms with E-state index in [0.717, 1.165) is 31.5 Å². The zero-order valence-electron chi connectivity index (χ0n) is 14.4. The lowest BCUT2D eigenvalue weighted by Crippen LogP contribution is -2.32. The molecule has 0 unspecified atom stereocenters. The quantitative estimate of drug-likeness (QED) is 0.866. The Bertz CT molecular complexity index is 771. The van der Waals surface area contributed by atoms with Gasteiger partial charge in [0.05, 0.1) is 6.42 Å². The number of likely N-dealkylation sites (tertiary alicyclic amines) is 1. The summed E-state index contributed by atoms with van der Waals surface area (Å²) in [6.07, 6.45) is 2.24. The SMILES string of the molecule is O=C(Cc1ccc(F)cc1)Nc1cccc(OCC(=O)N2CCCC2)c1. The molecular weight excluding hydrogens is 335 g/mol. The van der Waals surface area contributed by atoms with Gasteiger partial charge in [-0.1, -0.05) is 18.2 Å². The second-order valence-electron chi connectivity index (χ2n) is 6.26. The molecule has 0 aromatic heterocycles. The summed E-state index contributed by atoms with van der Waals surface area (Å²) in [5.74, 6) is -0.0326. The predicted octanol–water partition coefficient (Wildman–Crippen LogP) is 3.01. The zero-order valence-corrected chi connectivity index (χ0v) is 14.4. The lowest BCUT2D eigenvalue weighted by molar-refractivity contribution is -0.132. The molecule has 0 spiro atoms. The molecule has 5 nitrogen and oxygen atoms in total. The number of ether oxygens (including phenoxy) is 1. The summed E-state index contributed by atoms with van der Waals surface area (Å²) in [4.78, 5) is 25.9. The van der Waals surface area contributed by atoms with Gasteiger partial charge in [-0.3, -0.25) is 9.59 Å². The first-order valence-electron chi connectivity index (χ1n) is 8.65. The number of anilines is 1. The Hall–Kier alpha value is -2.89. The van der Waals surface area contributed by atoms with Crippen molar-refractivity contribution < 1.29 is 18.7 Å². The molecule has 0 aliphatic carbocycles. The number of nitrogens with one attached hydrogen (secondary N) is 1. The number of nitrogens with zero attached hydrogens (tertiary/aromatic N) is 1. The van der Waals surface area contributed by atoms with Gasteiger partial charge >= 0.3 is 0 Å². The minimum atomic E-state index is -0.331. The van der Waals surface area contributed by atoms with Crippen LogP contribution in [-0.4, -0.2) is 36.4 Å². The third kappa shape index (κ3) is 5.05. The Labute approximate surface area is 151 Å². The number of benzene rings is 2. The minimum Gasteiger partial charge on any atom is -0.484 e. The third-order valence-corrected chi connectivity index (χ3v) is 4.22. The van der Waals surface area contributed by atoms with Crippen molar-refractivity contribution in [2.45, 2.75) is 19.3 Å². The number of amides is 2. The van der Waals surface area contributed by atoms with E-state index in [1.165, 1.54) is 12.1 Å². The van der Waals surface area contributed by atoms with E-state index < -0.39 is 0 Å². The van der Waals surface area contributed by atoms with Crippen molar-refractivity contribution in [3.8, 4) is 5.75 Å². The summed E-state index contributed by atoms with van der Waals surface area (Å²) >= 11 is 0. The van der Waals surface area contributed by atoms with Crippen molar-refractivity contribution in [2.75, 3.05) is 25.0 Å². The molecule has 0 atom stereocenters. The highest BCUT2D eigenvalue weighted by Crippen LogP contribution is 2.18. The lowest BCUT2D eigenvalue weighted by Gasteiger charge is -2.15. The standard InChI is InChI=1S/C20H21FN2O3/c21-16-8-6-15(7-9-16)12-19(24)22-17-4-3-5-18(13-17)26-14-20(25)23-10-1-2-11-23/h3-9,13H,1-2,10-12,14H2,(H,22,24). The summed E-state index contributed by atoms with van der Waals surface area (Å²) in [7, 11) is 0. The van der Waals surface area contributed by atoms with Gasteiger partial charge in [0.25, 0.3) is 5.91 Å². The normalized spacial score (nSPS) is 13.5. The van der Waals surface area contributed by atoms with Crippen LogP contribution in [-0.2, 0) is 16.0 Å². The Morgan fingerprint density at radius 3 is 2.54 bits per heavy atom. The van der Waals surface area contributed by atoms with Crippen molar-refractivity contribution >= 4 is 17.5 Å². The number of halogens is 1. The topological polar surface area (TPSA) is 58.6 Å². The van der Waals surface area contributed by atoms with Gasteiger partial charge in [0, 0.05) is 24.8 Å². The molecule has 1 fully saturated rings. The number of rotatable bonds is 6. The van der Waals surface area contributed by atoms with Gasteiger partial charge in [-0.15, -0.1) is 0 Å². The van der Waals surface area contributed by atoms with Gasteiger partial charge in [-0.05, 0) is 42.7 Å². The molecule has 1 aliphatic rings. The highest BCUT2D eigenvalue weighted by atomic mass is 19.1. The van der Waals surface area contributed by atoms with Crippen LogP contribution in [0.25, 0.3) is 0 Å². The van der Waals surface area contributed by atoms with Gasteiger partial charge in [0.2, 0.25) is 5.91 Å². The van der Waals surface area contributed by atoms with Crippen molar-refractivity contribution in [1.29, 1.82) is 0 Å². The second-order valence-corrected chi connectivity index (χ2v) is 6.26. The van der Waals surface area contributed by atoms with Crippen LogP contribution in [0.5, 0.6) is 5.75 Å². The number of hydrogen-bond acceptors (Lipinski definition) is 3. The predicted molar refractivity (Wildman–Crippen MR) is 96.5 cm³/mol. The Morgan fingerprint density at radius 1 is 1.08 bits per heavy atom. The molecule has 0 radical (unpaired) electrons. The lowest BCUT2D eigenvalue weighted by atomic mass is 10.1. The third-order valence-electron chi connectivity index (χ3n) is 4.22. The first-order chi connectivity index (χ1) is 12.6. The van der Waals surface area contributed by atoms with E-state index in [1.54, 1.807) is 41.3 Å². The van der Waals surface area contributed by atoms with Crippen LogP contribution in [0.15, 0.2) is 48.5 Å². The van der Waals surface area contributed by atoms with E-state index >= 15 is 0 Å². The summed E-state index contributed by atoms with van der Waals surface area (Å²) in [5.41, 5.74) is 1.32. The van der Waals surface area contributed by atoms with Crippen LogP contribution in [0.3, 0.4) is 0 Å². The molecule has 0 bridgehead atoms. The highest BCUT2D eigenvalue weighted by Gasteiger charge is 2.18. The Balaban J connectivity index is 1.52. The molecule has 2 amide bonds. The zero-order chi connectivity index (χ0) is 18.4. The van der Waals surface area contributed by atoms with E-state index in [2.05, 4.69) is 5.32 Å². The molecule has 0 saturated carbocycles. The summed E-state index contributed by atoms with van der Waals surface area (Å²) in [6, 6.07) is 12.7. The molecular formula is C20H21FN2O3. The molecule has 136 valence electrons. The van der Waals surface area contributed by atoms with Crippen LogP contribution >= 0.6 is 0 Å².